The molecule has 9 nitrogen and oxygen atoms in total. The lowest BCUT2D eigenvalue weighted by Gasteiger charge is -2.20. The molecule has 3 aromatic rings. The quantitative estimate of drug-likeness (QED) is 0.209. The van der Waals surface area contributed by atoms with Gasteiger partial charge in [-0.3, -0.25) is 0 Å². The molecule has 1 aromatic carbocycles. The van der Waals surface area contributed by atoms with Crippen LogP contribution in [0.15, 0.2) is 65.7 Å². The number of nitrogens with one attached hydrogen (secondary N) is 2. The lowest BCUT2D eigenvalue weighted by Crippen LogP contribution is -2.39. The van der Waals surface area contributed by atoms with Crippen LogP contribution in [0.2, 0.25) is 0 Å². The fraction of sp³-hybridized carbons (Fsp3) is 0.240. The van der Waals surface area contributed by atoms with E-state index in [0.717, 1.165) is 24.1 Å². The number of aromatic carboxylic acids is 2. The molecule has 0 fully saturated rings. The third-order valence-electron chi connectivity index (χ3n) is 5.21. The number of isothiocyanates is 1. The van der Waals surface area contributed by atoms with Crippen molar-refractivity contribution in [3.63, 3.8) is 0 Å². The first-order chi connectivity index (χ1) is 16.9. The van der Waals surface area contributed by atoms with Gasteiger partial charge in [0, 0.05) is 25.7 Å². The highest BCUT2D eigenvalue weighted by Crippen LogP contribution is 2.14. The number of hydrogen-bond donors (Lipinski definition) is 4. The van der Waals surface area contributed by atoms with E-state index in [1.165, 1.54) is 12.1 Å². The van der Waals surface area contributed by atoms with Crippen LogP contribution in [-0.2, 0) is 19.5 Å². The van der Waals surface area contributed by atoms with Crippen molar-refractivity contribution in [1.82, 2.24) is 20.6 Å². The number of carbonyl (C=O) groups is 2. The van der Waals surface area contributed by atoms with Crippen molar-refractivity contribution < 1.29 is 19.8 Å². The minimum atomic E-state index is -1.07. The molecular formula is C25H25N5O4S. The Morgan fingerprint density at radius 3 is 2.09 bits per heavy atom. The van der Waals surface area contributed by atoms with Gasteiger partial charge in [-0.15, -0.1) is 0 Å². The van der Waals surface area contributed by atoms with Gasteiger partial charge in [0.1, 0.15) is 11.4 Å². The maximum Gasteiger partial charge on any atom is 0.354 e. The second-order valence-corrected chi connectivity index (χ2v) is 7.94. The SMILES string of the molecule is O=C(O)c1cccc(CNCC(CCc2ccc(N=C=S)cc2)NCc2cccc(C(=O)O)n2)n1. The molecule has 0 aliphatic carbocycles. The van der Waals surface area contributed by atoms with E-state index in [1.54, 1.807) is 24.3 Å². The molecule has 0 saturated carbocycles. The first-order valence-electron chi connectivity index (χ1n) is 10.9. The van der Waals surface area contributed by atoms with Crippen LogP contribution in [0.5, 0.6) is 0 Å². The number of benzene rings is 1. The van der Waals surface area contributed by atoms with E-state index in [4.69, 9.17) is 5.11 Å². The van der Waals surface area contributed by atoms with Crippen molar-refractivity contribution in [2.24, 2.45) is 4.99 Å². The van der Waals surface area contributed by atoms with Crippen molar-refractivity contribution in [3.05, 3.63) is 89.0 Å². The zero-order valence-corrected chi connectivity index (χ0v) is 19.7. The average molecular weight is 492 g/mol. The Kier molecular flexibility index (Phi) is 9.70. The molecule has 0 bridgehead atoms. The first-order valence-corrected chi connectivity index (χ1v) is 11.3. The van der Waals surface area contributed by atoms with Gasteiger partial charge in [0.25, 0.3) is 0 Å². The summed E-state index contributed by atoms with van der Waals surface area (Å²) in [6, 6.07) is 17.6. The molecule has 4 N–H and O–H groups in total. The van der Waals surface area contributed by atoms with Gasteiger partial charge in [-0.1, -0.05) is 24.3 Å². The van der Waals surface area contributed by atoms with Crippen molar-refractivity contribution in [3.8, 4) is 0 Å². The van der Waals surface area contributed by atoms with Crippen LogP contribution >= 0.6 is 12.2 Å². The molecule has 1 atom stereocenters. The van der Waals surface area contributed by atoms with Crippen LogP contribution in [0.4, 0.5) is 5.69 Å². The van der Waals surface area contributed by atoms with E-state index in [1.807, 2.05) is 24.3 Å². The average Bonchev–Trinajstić information content (AvgIpc) is 2.86. The Bertz CT molecular complexity index is 1210. The Morgan fingerprint density at radius 1 is 0.914 bits per heavy atom. The largest absolute Gasteiger partial charge is 0.477 e. The minimum Gasteiger partial charge on any atom is -0.477 e. The monoisotopic (exact) mass is 491 g/mol. The number of aliphatic imine (C=N–C) groups is 1. The highest BCUT2D eigenvalue weighted by Gasteiger charge is 2.12. The Balaban J connectivity index is 1.62. The van der Waals surface area contributed by atoms with E-state index in [0.29, 0.717) is 31.0 Å². The Labute approximate surface area is 208 Å². The van der Waals surface area contributed by atoms with Crippen LogP contribution in [0.1, 0.15) is 44.3 Å². The van der Waals surface area contributed by atoms with Crippen molar-refractivity contribution in [2.45, 2.75) is 32.0 Å². The highest BCUT2D eigenvalue weighted by atomic mass is 32.1. The van der Waals surface area contributed by atoms with Gasteiger partial charge in [-0.05, 0) is 67.0 Å². The van der Waals surface area contributed by atoms with Gasteiger partial charge in [0.2, 0.25) is 0 Å². The van der Waals surface area contributed by atoms with Gasteiger partial charge < -0.3 is 20.8 Å². The maximum atomic E-state index is 11.2. The molecule has 0 spiro atoms. The summed E-state index contributed by atoms with van der Waals surface area (Å²) in [5.41, 5.74) is 3.16. The van der Waals surface area contributed by atoms with E-state index in [2.05, 4.69) is 43.0 Å². The van der Waals surface area contributed by atoms with Crippen LogP contribution in [0.25, 0.3) is 0 Å². The molecule has 180 valence electrons. The smallest absolute Gasteiger partial charge is 0.354 e. The number of carboxylic acids is 2. The predicted molar refractivity (Wildman–Crippen MR) is 134 cm³/mol. The summed E-state index contributed by atoms with van der Waals surface area (Å²) in [6.45, 7) is 1.41. The normalized spacial score (nSPS) is 11.4. The Morgan fingerprint density at radius 2 is 1.51 bits per heavy atom. The number of aryl methyl sites for hydroxylation is 1. The lowest BCUT2D eigenvalue weighted by molar-refractivity contribution is 0.0679. The number of pyridine rings is 2. The van der Waals surface area contributed by atoms with Gasteiger partial charge in [0.05, 0.1) is 22.2 Å². The molecule has 2 heterocycles. The number of nitrogens with zero attached hydrogens (tertiary/aromatic N) is 3. The molecule has 10 heteroatoms. The molecule has 3 rings (SSSR count). The summed E-state index contributed by atoms with van der Waals surface area (Å²) < 4.78 is 0. The van der Waals surface area contributed by atoms with Gasteiger partial charge in [-0.2, -0.15) is 4.99 Å². The molecule has 0 amide bonds. The van der Waals surface area contributed by atoms with E-state index >= 15 is 0 Å². The van der Waals surface area contributed by atoms with Crippen molar-refractivity contribution in [2.75, 3.05) is 6.54 Å². The van der Waals surface area contributed by atoms with Crippen molar-refractivity contribution >= 4 is 35.0 Å². The molecule has 35 heavy (non-hydrogen) atoms. The van der Waals surface area contributed by atoms with Crippen LogP contribution < -0.4 is 10.6 Å². The number of carboxylic acid groups (broad SMARTS) is 2. The second-order valence-electron chi connectivity index (χ2n) is 7.76. The van der Waals surface area contributed by atoms with Crippen molar-refractivity contribution in [1.29, 1.82) is 0 Å². The molecule has 0 saturated heterocycles. The first kappa shape index (κ1) is 25.8. The molecule has 2 aromatic heterocycles. The maximum absolute atomic E-state index is 11.2. The zero-order chi connectivity index (χ0) is 25.0. The third kappa shape index (κ3) is 8.47. The fourth-order valence-corrected chi connectivity index (χ4v) is 3.53. The number of thiocarbonyl (C=S) groups is 1. The van der Waals surface area contributed by atoms with E-state index < -0.39 is 11.9 Å². The molecule has 0 aliphatic heterocycles. The minimum absolute atomic E-state index is 0.00225. The van der Waals surface area contributed by atoms with E-state index in [9.17, 15) is 14.7 Å². The van der Waals surface area contributed by atoms with Crippen LogP contribution in [0.3, 0.4) is 0 Å². The highest BCUT2D eigenvalue weighted by molar-refractivity contribution is 7.78. The molecule has 1 unspecified atom stereocenters. The van der Waals surface area contributed by atoms with Crippen LogP contribution in [-0.4, -0.2) is 49.9 Å². The third-order valence-corrected chi connectivity index (χ3v) is 5.30. The molecule has 0 aliphatic rings. The summed E-state index contributed by atoms with van der Waals surface area (Å²) in [4.78, 5) is 34.6. The number of hydrogen-bond acceptors (Lipinski definition) is 8. The topological polar surface area (TPSA) is 137 Å². The zero-order valence-electron chi connectivity index (χ0n) is 18.8. The fourth-order valence-electron chi connectivity index (χ4n) is 3.42. The number of aromatic nitrogens is 2. The standard InChI is InChI=1S/C25H25N5O4S/c31-24(32)22-5-1-3-20(29-22)14-26-13-19(12-9-17-7-10-18(11-8-17)28-16-35)27-15-21-4-2-6-23(30-21)25(33)34/h1-8,10-11,19,26-27H,9,12-15H2,(H,31,32)(H,33,34). The van der Waals surface area contributed by atoms with Crippen LogP contribution in [0, 0.1) is 0 Å². The summed E-state index contributed by atoms with van der Waals surface area (Å²) in [5, 5.41) is 27.4. The van der Waals surface area contributed by atoms with Gasteiger partial charge in [0.15, 0.2) is 0 Å². The summed E-state index contributed by atoms with van der Waals surface area (Å²) in [7, 11) is 0. The second kappa shape index (κ2) is 13.2. The summed E-state index contributed by atoms with van der Waals surface area (Å²) in [6.07, 6.45) is 1.60. The predicted octanol–water partition coefficient (Wildman–Crippen LogP) is 3.49. The summed E-state index contributed by atoms with van der Waals surface area (Å²) in [5.74, 6) is -2.13. The Hall–Kier alpha value is -3.82. The van der Waals surface area contributed by atoms with E-state index in [-0.39, 0.29) is 17.4 Å². The number of rotatable bonds is 13. The molecular weight excluding hydrogens is 466 g/mol. The lowest BCUT2D eigenvalue weighted by atomic mass is 10.0. The molecule has 0 radical (unpaired) electrons. The van der Waals surface area contributed by atoms with Gasteiger partial charge >= 0.3 is 11.9 Å². The van der Waals surface area contributed by atoms with Gasteiger partial charge in [-0.25, -0.2) is 19.6 Å². The summed E-state index contributed by atoms with van der Waals surface area (Å²) >= 11 is 4.64.